The quantitative estimate of drug-likeness (QED) is 0.0282. The highest BCUT2D eigenvalue weighted by Gasteiger charge is 2.36. The van der Waals surface area contributed by atoms with Crippen molar-refractivity contribution in [2.24, 2.45) is 10.8 Å². The van der Waals surface area contributed by atoms with Gasteiger partial charge >= 0.3 is 0 Å². The van der Waals surface area contributed by atoms with Gasteiger partial charge in [0.1, 0.15) is 0 Å². The molecule has 0 aromatic heterocycles. The summed E-state index contributed by atoms with van der Waals surface area (Å²) >= 11 is 20.7. The van der Waals surface area contributed by atoms with Crippen LogP contribution in [0.2, 0.25) is 0 Å². The molecule has 0 saturated carbocycles. The van der Waals surface area contributed by atoms with Crippen molar-refractivity contribution in [3.8, 4) is 0 Å². The van der Waals surface area contributed by atoms with E-state index in [9.17, 15) is 0 Å². The van der Waals surface area contributed by atoms with Gasteiger partial charge in [-0.3, -0.25) is 0 Å². The summed E-state index contributed by atoms with van der Waals surface area (Å²) in [4.78, 5) is 0. The van der Waals surface area contributed by atoms with Crippen LogP contribution in [0, 0.1) is 10.8 Å². The molecule has 6 aromatic carbocycles. The van der Waals surface area contributed by atoms with Crippen LogP contribution >= 0.6 is 95.6 Å². The lowest BCUT2D eigenvalue weighted by Crippen LogP contribution is -2.42. The molecule has 2 aliphatic heterocycles. The minimum atomic E-state index is 0.479. The molecule has 97 heavy (non-hydrogen) atoms. The number of unbranched alkanes of at least 4 members (excludes halogenated alkanes) is 21. The average molecular weight is 1710 g/mol. The highest BCUT2D eigenvalue weighted by atomic mass is 79.9. The first-order valence-electron chi connectivity index (χ1n) is 37.3. The van der Waals surface area contributed by atoms with Gasteiger partial charge in [-0.2, -0.15) is 0 Å². The van der Waals surface area contributed by atoms with E-state index in [0.717, 1.165) is 72.1 Å². The van der Waals surface area contributed by atoms with Crippen LogP contribution in [0.15, 0.2) is 210 Å². The predicted octanol–water partition coefficient (Wildman–Crippen LogP) is 30.3. The van der Waals surface area contributed by atoms with E-state index in [0.29, 0.717) is 17.4 Å². The Bertz CT molecular complexity index is 2800. The van der Waals surface area contributed by atoms with Crippen molar-refractivity contribution in [3.63, 3.8) is 0 Å². The van der Waals surface area contributed by atoms with E-state index in [1.54, 1.807) is 0 Å². The molecule has 2 heterocycles. The molecule has 0 N–H and O–H groups in total. The Balaban J connectivity index is 0.000000306. The third-order valence-electron chi connectivity index (χ3n) is 18.5. The molecule has 0 bridgehead atoms. The first kappa shape index (κ1) is 88.5. The van der Waals surface area contributed by atoms with E-state index in [4.69, 9.17) is 14.2 Å². The molecule has 8 rings (SSSR count). The third-order valence-corrected chi connectivity index (χ3v) is 21.7. The van der Waals surface area contributed by atoms with Crippen LogP contribution in [0.25, 0.3) is 0 Å². The Labute approximate surface area is 643 Å². The molecule has 2 saturated heterocycles. The van der Waals surface area contributed by atoms with Crippen LogP contribution in [-0.2, 0) is 52.9 Å². The van der Waals surface area contributed by atoms with Crippen molar-refractivity contribution < 1.29 is 14.2 Å². The van der Waals surface area contributed by atoms with Gasteiger partial charge in [0.25, 0.3) is 0 Å². The van der Waals surface area contributed by atoms with Gasteiger partial charge in [-0.15, -0.1) is 19.7 Å². The van der Waals surface area contributed by atoms with Crippen molar-refractivity contribution in [1.82, 2.24) is 0 Å². The summed E-state index contributed by atoms with van der Waals surface area (Å²) in [6.45, 7) is 23.5. The van der Waals surface area contributed by atoms with Gasteiger partial charge in [-0.05, 0) is 228 Å². The van der Waals surface area contributed by atoms with Gasteiger partial charge in [0.2, 0.25) is 0 Å². The van der Waals surface area contributed by atoms with Crippen LogP contribution in [-0.4, -0.2) is 33.0 Å². The first-order chi connectivity index (χ1) is 47.3. The molecule has 3 nitrogen and oxygen atoms in total. The van der Waals surface area contributed by atoms with E-state index in [1.165, 1.54) is 246 Å². The van der Waals surface area contributed by atoms with Crippen molar-refractivity contribution in [2.75, 3.05) is 33.0 Å². The minimum Gasteiger partial charge on any atom is -0.380 e. The van der Waals surface area contributed by atoms with Crippen molar-refractivity contribution in [1.29, 1.82) is 0 Å². The number of halogens is 6. The van der Waals surface area contributed by atoms with Crippen molar-refractivity contribution in [3.05, 3.63) is 244 Å². The lowest BCUT2D eigenvalue weighted by Gasteiger charge is -2.41. The molecule has 0 amide bonds. The molecule has 0 unspecified atom stereocenters. The molecular formula is C88H124Br6O3. The second-order valence-corrected chi connectivity index (χ2v) is 32.3. The number of allylic oxidation sites excluding steroid dienone is 3. The lowest BCUT2D eigenvalue weighted by atomic mass is 9.78. The molecule has 2 fully saturated rings. The Hall–Kier alpha value is -2.70. The predicted molar refractivity (Wildman–Crippen MR) is 446 cm³/mol. The van der Waals surface area contributed by atoms with Crippen LogP contribution in [0.4, 0.5) is 0 Å². The number of ether oxygens (including phenoxy) is 3. The molecular weight excluding hydrogens is 1580 g/mol. The van der Waals surface area contributed by atoms with E-state index in [2.05, 4.69) is 270 Å². The van der Waals surface area contributed by atoms with E-state index in [-0.39, 0.29) is 0 Å². The van der Waals surface area contributed by atoms with Gasteiger partial charge < -0.3 is 14.2 Å². The van der Waals surface area contributed by atoms with Crippen molar-refractivity contribution >= 4 is 95.6 Å². The first-order valence-corrected chi connectivity index (χ1v) is 42.1. The molecule has 9 heteroatoms. The van der Waals surface area contributed by atoms with Crippen LogP contribution in [0.1, 0.15) is 247 Å². The maximum Gasteiger partial charge on any atom is 0.0716 e. The SMILES string of the molecule is C=CCCCCCCCCCCc1ccc(Br)cc1.C=CCCCCOCc1ccc(Br)cc1.C=CCCCc1ccc(Br)cc1.CCC1(CCCCCCCCc2ccc(Br)cc2)COC1.CCC1(CCc2ccc(Br)cc2)COC1.CCCCCCCCc1ccc(Br)cc1. The zero-order valence-electron chi connectivity index (χ0n) is 60.2. The fraction of sp³-hybridized carbons (Fsp3) is 0.523. The molecule has 6 aromatic rings. The monoisotopic (exact) mass is 1700 g/mol. The zero-order chi connectivity index (χ0) is 70.1. The molecule has 2 aliphatic rings. The molecule has 0 atom stereocenters. The maximum absolute atomic E-state index is 5.56. The Morgan fingerprint density at radius 2 is 0.577 bits per heavy atom. The van der Waals surface area contributed by atoms with Gasteiger partial charge in [0.05, 0.1) is 33.0 Å². The molecule has 0 aliphatic carbocycles. The molecule has 536 valence electrons. The number of benzene rings is 6. The second kappa shape index (κ2) is 58.8. The van der Waals surface area contributed by atoms with E-state index in [1.807, 2.05) is 30.4 Å². The van der Waals surface area contributed by atoms with E-state index >= 15 is 0 Å². The van der Waals surface area contributed by atoms with Crippen LogP contribution in [0.3, 0.4) is 0 Å². The highest BCUT2D eigenvalue weighted by molar-refractivity contribution is 9.11. The number of hydrogen-bond acceptors (Lipinski definition) is 3. The highest BCUT2D eigenvalue weighted by Crippen LogP contribution is 2.37. The summed E-state index contributed by atoms with van der Waals surface area (Å²) in [5.74, 6) is 0. The van der Waals surface area contributed by atoms with Crippen LogP contribution < -0.4 is 0 Å². The smallest absolute Gasteiger partial charge is 0.0716 e. The fourth-order valence-corrected chi connectivity index (χ4v) is 13.1. The van der Waals surface area contributed by atoms with Crippen LogP contribution in [0.5, 0.6) is 0 Å². The average Bonchev–Trinajstić information content (AvgIpc) is 0.870. The summed E-state index contributed by atoms with van der Waals surface area (Å²) in [5, 5.41) is 0. The van der Waals surface area contributed by atoms with Gasteiger partial charge in [0, 0.05) is 44.3 Å². The van der Waals surface area contributed by atoms with Gasteiger partial charge in [-0.1, -0.05) is 310 Å². The fourth-order valence-electron chi connectivity index (χ4n) is 11.5. The topological polar surface area (TPSA) is 27.7 Å². The number of aryl methyl sites for hydroxylation is 5. The number of rotatable bonds is 43. The third kappa shape index (κ3) is 45.8. The summed E-state index contributed by atoms with van der Waals surface area (Å²) in [6, 6.07) is 51.5. The van der Waals surface area contributed by atoms with E-state index < -0.39 is 0 Å². The Morgan fingerprint density at radius 3 is 0.897 bits per heavy atom. The second-order valence-electron chi connectivity index (χ2n) is 26.8. The maximum atomic E-state index is 5.56. The van der Waals surface area contributed by atoms with Crippen molar-refractivity contribution in [2.45, 2.75) is 252 Å². The summed E-state index contributed by atoms with van der Waals surface area (Å²) in [6.07, 6.45) is 51.6. The number of hydrogen-bond donors (Lipinski definition) is 0. The summed E-state index contributed by atoms with van der Waals surface area (Å²) in [5.41, 5.74) is 9.49. The van der Waals surface area contributed by atoms with Gasteiger partial charge in [0.15, 0.2) is 0 Å². The standard InChI is InChI=1S/C19H29BrO.C18H27Br.C14H21Br.2C13H17BrO.C11H13Br/c1-2-19(15-21-16-19)14-8-6-4-3-5-7-9-17-10-12-18(20)13-11-17;1-2-3-4-5-6-7-8-9-10-11-12-17-13-15-18(19)16-14-17;1-2-3-4-5-6-7-8-13-9-11-14(15)12-10-13;1-2-13(9-15-10-13)8-7-11-3-5-12(14)6-4-11;1-2-3-4-5-10-15-11-12-6-8-13(14)9-7-12;1-2-3-4-5-10-6-8-11(12)9-7-10/h10-13H,2-9,14-16H2,1H3;2,13-16H,1,3-12H2;9-12H,2-8H2,1H3;3-6H,2,7-10H2,1H3;2,6-9H,1,3-5,10-11H2;2,6-9H,1,3-5H2. The zero-order valence-corrected chi connectivity index (χ0v) is 69.7. The summed E-state index contributed by atoms with van der Waals surface area (Å²) in [7, 11) is 0. The minimum absolute atomic E-state index is 0.479. The lowest BCUT2D eigenvalue weighted by molar-refractivity contribution is -0.120. The normalized spacial score (nSPS) is 13.0. The largest absolute Gasteiger partial charge is 0.380 e. The Kier molecular flexibility index (Phi) is 53.6. The Morgan fingerprint density at radius 1 is 0.309 bits per heavy atom. The molecule has 0 radical (unpaired) electrons. The summed E-state index contributed by atoms with van der Waals surface area (Å²) < 4.78 is 23.2. The molecule has 0 spiro atoms. The van der Waals surface area contributed by atoms with Gasteiger partial charge in [-0.25, -0.2) is 0 Å².